The minimum atomic E-state index is 0.533. The number of hydrogen-bond acceptors (Lipinski definition) is 6. The molecule has 0 radical (unpaired) electrons. The Morgan fingerprint density at radius 3 is 2.82 bits per heavy atom. The Balaban J connectivity index is 1.76. The molecule has 1 N–H and O–H groups in total. The SMILES string of the molecule is COc1ccc(Nc2nccc(N3CCOCC3)n2)cc1Cl. The van der Waals surface area contributed by atoms with Crippen molar-refractivity contribution in [2.45, 2.75) is 0 Å². The molecule has 0 atom stereocenters. The Labute approximate surface area is 134 Å². The quantitative estimate of drug-likeness (QED) is 0.934. The van der Waals surface area contributed by atoms with E-state index < -0.39 is 0 Å². The van der Waals surface area contributed by atoms with Crippen LogP contribution in [0.5, 0.6) is 5.75 Å². The Kier molecular flexibility index (Phi) is 4.60. The number of rotatable bonds is 4. The second-order valence-electron chi connectivity index (χ2n) is 4.81. The maximum absolute atomic E-state index is 6.12. The van der Waals surface area contributed by atoms with Crippen molar-refractivity contribution in [2.75, 3.05) is 43.6 Å². The van der Waals surface area contributed by atoms with Crippen LogP contribution in [0.1, 0.15) is 0 Å². The third-order valence-electron chi connectivity index (χ3n) is 3.38. The van der Waals surface area contributed by atoms with Crippen molar-refractivity contribution in [3.05, 3.63) is 35.5 Å². The number of ether oxygens (including phenoxy) is 2. The van der Waals surface area contributed by atoms with Gasteiger partial charge < -0.3 is 19.7 Å². The Morgan fingerprint density at radius 1 is 1.27 bits per heavy atom. The zero-order valence-corrected chi connectivity index (χ0v) is 13.0. The molecular formula is C15H17ClN4O2. The molecule has 6 nitrogen and oxygen atoms in total. The lowest BCUT2D eigenvalue weighted by Gasteiger charge is -2.27. The predicted molar refractivity (Wildman–Crippen MR) is 86.4 cm³/mol. The van der Waals surface area contributed by atoms with Gasteiger partial charge in [-0.25, -0.2) is 4.98 Å². The van der Waals surface area contributed by atoms with E-state index >= 15 is 0 Å². The molecule has 0 aliphatic carbocycles. The van der Waals surface area contributed by atoms with E-state index in [1.807, 2.05) is 12.1 Å². The second kappa shape index (κ2) is 6.81. The lowest BCUT2D eigenvalue weighted by Crippen LogP contribution is -2.36. The number of benzene rings is 1. The van der Waals surface area contributed by atoms with E-state index in [4.69, 9.17) is 21.1 Å². The molecule has 7 heteroatoms. The van der Waals surface area contributed by atoms with Gasteiger partial charge in [0, 0.05) is 25.0 Å². The lowest BCUT2D eigenvalue weighted by atomic mass is 10.3. The van der Waals surface area contributed by atoms with Crippen LogP contribution in [0.4, 0.5) is 17.5 Å². The van der Waals surface area contributed by atoms with Gasteiger partial charge in [-0.3, -0.25) is 0 Å². The molecule has 1 aromatic carbocycles. The highest BCUT2D eigenvalue weighted by Gasteiger charge is 2.13. The van der Waals surface area contributed by atoms with E-state index in [0.29, 0.717) is 16.7 Å². The summed E-state index contributed by atoms with van der Waals surface area (Å²) in [6.45, 7) is 3.12. The third-order valence-corrected chi connectivity index (χ3v) is 3.68. The second-order valence-corrected chi connectivity index (χ2v) is 5.22. The summed E-state index contributed by atoms with van der Waals surface area (Å²) >= 11 is 6.12. The van der Waals surface area contributed by atoms with Crippen molar-refractivity contribution in [1.82, 2.24) is 9.97 Å². The molecule has 116 valence electrons. The van der Waals surface area contributed by atoms with Crippen LogP contribution in [0.25, 0.3) is 0 Å². The number of methoxy groups -OCH3 is 1. The molecule has 1 aliphatic rings. The topological polar surface area (TPSA) is 59.5 Å². The minimum Gasteiger partial charge on any atom is -0.495 e. The molecule has 0 amide bonds. The van der Waals surface area contributed by atoms with Crippen molar-refractivity contribution in [3.8, 4) is 5.75 Å². The first kappa shape index (κ1) is 14.9. The van der Waals surface area contributed by atoms with E-state index in [1.165, 1.54) is 0 Å². The van der Waals surface area contributed by atoms with Crippen LogP contribution < -0.4 is 15.0 Å². The highest BCUT2D eigenvalue weighted by atomic mass is 35.5. The van der Waals surface area contributed by atoms with Gasteiger partial charge in [0.05, 0.1) is 25.3 Å². The molecule has 1 aromatic heterocycles. The number of nitrogens with zero attached hydrogens (tertiary/aromatic N) is 3. The van der Waals surface area contributed by atoms with Crippen LogP contribution >= 0.6 is 11.6 Å². The van der Waals surface area contributed by atoms with Crippen molar-refractivity contribution in [1.29, 1.82) is 0 Å². The van der Waals surface area contributed by atoms with Crippen LogP contribution in [0, 0.1) is 0 Å². The average molecular weight is 321 g/mol. The Morgan fingerprint density at radius 2 is 2.09 bits per heavy atom. The van der Waals surface area contributed by atoms with Gasteiger partial charge in [0.15, 0.2) is 0 Å². The first-order valence-electron chi connectivity index (χ1n) is 7.02. The Hall–Kier alpha value is -2.05. The summed E-state index contributed by atoms with van der Waals surface area (Å²) in [6.07, 6.45) is 1.74. The highest BCUT2D eigenvalue weighted by Crippen LogP contribution is 2.28. The van der Waals surface area contributed by atoms with Gasteiger partial charge in [0.25, 0.3) is 0 Å². The fraction of sp³-hybridized carbons (Fsp3) is 0.333. The maximum Gasteiger partial charge on any atom is 0.229 e. The van der Waals surface area contributed by atoms with Gasteiger partial charge in [-0.15, -0.1) is 0 Å². The predicted octanol–water partition coefficient (Wildman–Crippen LogP) is 2.72. The Bertz CT molecular complexity index is 647. The largest absolute Gasteiger partial charge is 0.495 e. The molecule has 1 fully saturated rings. The number of anilines is 3. The number of morpholine rings is 1. The molecule has 0 unspecified atom stereocenters. The minimum absolute atomic E-state index is 0.533. The number of nitrogens with one attached hydrogen (secondary N) is 1. The zero-order chi connectivity index (χ0) is 15.4. The fourth-order valence-electron chi connectivity index (χ4n) is 2.25. The van der Waals surface area contributed by atoms with Crippen molar-refractivity contribution in [2.24, 2.45) is 0 Å². The summed E-state index contributed by atoms with van der Waals surface area (Å²) in [4.78, 5) is 11.0. The van der Waals surface area contributed by atoms with E-state index in [9.17, 15) is 0 Å². The molecule has 2 aromatic rings. The van der Waals surface area contributed by atoms with E-state index in [0.717, 1.165) is 37.8 Å². The molecule has 2 heterocycles. The van der Waals surface area contributed by atoms with Crippen LogP contribution in [-0.2, 0) is 4.74 Å². The van der Waals surface area contributed by atoms with Gasteiger partial charge in [0.1, 0.15) is 11.6 Å². The number of aromatic nitrogens is 2. The van der Waals surface area contributed by atoms with Crippen LogP contribution in [0.3, 0.4) is 0 Å². The molecular weight excluding hydrogens is 304 g/mol. The monoisotopic (exact) mass is 320 g/mol. The van der Waals surface area contributed by atoms with Crippen LogP contribution in [-0.4, -0.2) is 43.4 Å². The highest BCUT2D eigenvalue weighted by molar-refractivity contribution is 6.32. The molecule has 0 bridgehead atoms. The van der Waals surface area contributed by atoms with Gasteiger partial charge in [-0.1, -0.05) is 11.6 Å². The number of halogens is 1. The zero-order valence-electron chi connectivity index (χ0n) is 12.3. The summed E-state index contributed by atoms with van der Waals surface area (Å²) in [7, 11) is 1.59. The van der Waals surface area contributed by atoms with Crippen LogP contribution in [0.2, 0.25) is 5.02 Å². The van der Waals surface area contributed by atoms with E-state index in [-0.39, 0.29) is 0 Å². The molecule has 22 heavy (non-hydrogen) atoms. The summed E-state index contributed by atoms with van der Waals surface area (Å²) in [5, 5.41) is 3.69. The lowest BCUT2D eigenvalue weighted by molar-refractivity contribution is 0.122. The smallest absolute Gasteiger partial charge is 0.229 e. The standard InChI is InChI=1S/C15H17ClN4O2/c1-21-13-3-2-11(10-12(13)16)18-15-17-5-4-14(19-15)20-6-8-22-9-7-20/h2-5,10H,6-9H2,1H3,(H,17,18,19). The summed E-state index contributed by atoms with van der Waals surface area (Å²) in [5.74, 6) is 2.06. The summed E-state index contributed by atoms with van der Waals surface area (Å²) < 4.78 is 10.5. The van der Waals surface area contributed by atoms with Crippen molar-refractivity contribution < 1.29 is 9.47 Å². The van der Waals surface area contributed by atoms with E-state index in [2.05, 4.69) is 20.2 Å². The maximum atomic E-state index is 6.12. The van der Waals surface area contributed by atoms with Gasteiger partial charge in [-0.05, 0) is 24.3 Å². The first-order valence-corrected chi connectivity index (χ1v) is 7.40. The van der Waals surface area contributed by atoms with Crippen molar-refractivity contribution in [3.63, 3.8) is 0 Å². The number of hydrogen-bond donors (Lipinski definition) is 1. The average Bonchev–Trinajstić information content (AvgIpc) is 2.56. The fourth-order valence-corrected chi connectivity index (χ4v) is 2.51. The van der Waals surface area contributed by atoms with Crippen molar-refractivity contribution >= 4 is 29.1 Å². The normalized spacial score (nSPS) is 14.7. The van der Waals surface area contributed by atoms with Gasteiger partial charge in [0.2, 0.25) is 5.95 Å². The van der Waals surface area contributed by atoms with Gasteiger partial charge >= 0.3 is 0 Å². The molecule has 0 saturated carbocycles. The molecule has 1 aliphatic heterocycles. The van der Waals surface area contributed by atoms with Crippen LogP contribution in [0.15, 0.2) is 30.5 Å². The van der Waals surface area contributed by atoms with E-state index in [1.54, 1.807) is 25.4 Å². The third kappa shape index (κ3) is 3.40. The van der Waals surface area contributed by atoms with Gasteiger partial charge in [-0.2, -0.15) is 4.98 Å². The summed E-state index contributed by atoms with van der Waals surface area (Å²) in [6, 6.07) is 7.36. The first-order chi connectivity index (χ1) is 10.8. The molecule has 1 saturated heterocycles. The summed E-state index contributed by atoms with van der Waals surface area (Å²) in [5.41, 5.74) is 0.810. The molecule has 3 rings (SSSR count). The molecule has 0 spiro atoms.